The number of benzene rings is 1. The Balaban J connectivity index is 2.60. The van der Waals surface area contributed by atoms with Crippen molar-refractivity contribution in [1.29, 1.82) is 0 Å². The molecule has 0 saturated carbocycles. The van der Waals surface area contributed by atoms with E-state index in [-0.39, 0.29) is 18.1 Å². The molecule has 1 amide bonds. The minimum Gasteiger partial charge on any atom is -0.488 e. The second kappa shape index (κ2) is 6.27. The summed E-state index contributed by atoms with van der Waals surface area (Å²) in [6, 6.07) is 7.50. The third-order valence-electron chi connectivity index (χ3n) is 2.59. The average molecular weight is 279 g/mol. The summed E-state index contributed by atoms with van der Waals surface area (Å²) in [4.78, 5) is 11.8. The van der Waals surface area contributed by atoms with E-state index in [0.29, 0.717) is 6.42 Å². The van der Waals surface area contributed by atoms with E-state index in [2.05, 4.69) is 5.32 Å². The molecule has 0 aliphatic heterocycles. The molecule has 4 nitrogen and oxygen atoms in total. The molecular weight excluding hydrogens is 254 g/mol. The number of nitrogens with one attached hydrogen (secondary N) is 1. The topological polar surface area (TPSA) is 58.6 Å². The van der Waals surface area contributed by atoms with Crippen molar-refractivity contribution in [3.63, 3.8) is 0 Å². The first-order chi connectivity index (χ1) is 9.11. The maximum atomic E-state index is 11.8. The van der Waals surface area contributed by atoms with E-state index in [1.54, 1.807) is 13.8 Å². The third kappa shape index (κ3) is 6.06. The summed E-state index contributed by atoms with van der Waals surface area (Å²) >= 11 is 0. The molecule has 0 spiro atoms. The number of aliphatic hydroxyl groups excluding tert-OH is 1. The normalized spacial score (nSPS) is 12.1. The molecule has 112 valence electrons. The van der Waals surface area contributed by atoms with Crippen LogP contribution in [0.1, 0.15) is 40.2 Å². The maximum Gasteiger partial charge on any atom is 0.224 e. The second-order valence-corrected chi connectivity index (χ2v) is 6.63. The van der Waals surface area contributed by atoms with E-state index >= 15 is 0 Å². The van der Waals surface area contributed by atoms with Crippen LogP contribution >= 0.6 is 0 Å². The minimum absolute atomic E-state index is 0.0862. The first-order valence-electron chi connectivity index (χ1n) is 6.81. The van der Waals surface area contributed by atoms with Crippen molar-refractivity contribution in [2.24, 2.45) is 0 Å². The van der Waals surface area contributed by atoms with Gasteiger partial charge in [-0.25, -0.2) is 0 Å². The van der Waals surface area contributed by atoms with Gasteiger partial charge >= 0.3 is 0 Å². The van der Waals surface area contributed by atoms with Crippen LogP contribution in [0.3, 0.4) is 0 Å². The van der Waals surface area contributed by atoms with E-state index in [9.17, 15) is 4.79 Å². The average Bonchev–Trinajstić information content (AvgIpc) is 2.29. The number of amides is 1. The van der Waals surface area contributed by atoms with Crippen LogP contribution in [0.2, 0.25) is 0 Å². The molecule has 0 heterocycles. The number of rotatable bonds is 5. The predicted molar refractivity (Wildman–Crippen MR) is 79.8 cm³/mol. The van der Waals surface area contributed by atoms with Gasteiger partial charge in [-0.15, -0.1) is 0 Å². The lowest BCUT2D eigenvalue weighted by molar-refractivity contribution is -0.122. The molecule has 2 N–H and O–H groups in total. The summed E-state index contributed by atoms with van der Waals surface area (Å²) in [7, 11) is 0. The number of carbonyl (C=O) groups excluding carboxylic acids is 1. The van der Waals surface area contributed by atoms with Crippen molar-refractivity contribution in [3.8, 4) is 5.75 Å². The first-order valence-corrected chi connectivity index (χ1v) is 6.81. The fourth-order valence-corrected chi connectivity index (χ4v) is 1.68. The number of aliphatic hydroxyl groups is 1. The smallest absolute Gasteiger partial charge is 0.224 e. The standard InChI is InChI=1S/C16H25NO3/c1-15(2,3)20-13-8-6-12(7-9-13)10-14(19)17-16(4,5)11-18/h6-9,18H,10-11H2,1-5H3,(H,17,19). The highest BCUT2D eigenvalue weighted by Gasteiger charge is 2.19. The van der Waals surface area contributed by atoms with Gasteiger partial charge in [-0.05, 0) is 52.3 Å². The first kappa shape index (κ1) is 16.5. The van der Waals surface area contributed by atoms with Gasteiger partial charge in [-0.1, -0.05) is 12.1 Å². The largest absolute Gasteiger partial charge is 0.488 e. The van der Waals surface area contributed by atoms with Crippen molar-refractivity contribution >= 4 is 5.91 Å². The Hall–Kier alpha value is -1.55. The van der Waals surface area contributed by atoms with Crippen molar-refractivity contribution < 1.29 is 14.6 Å². The highest BCUT2D eigenvalue weighted by molar-refractivity contribution is 5.79. The zero-order chi connectivity index (χ0) is 15.4. The van der Waals surface area contributed by atoms with Crippen molar-refractivity contribution in [2.45, 2.75) is 52.2 Å². The summed E-state index contributed by atoms with van der Waals surface area (Å²) in [6.45, 7) is 9.45. The number of carbonyl (C=O) groups is 1. The Morgan fingerprint density at radius 1 is 1.15 bits per heavy atom. The lowest BCUT2D eigenvalue weighted by Crippen LogP contribution is -2.46. The summed E-state index contributed by atoms with van der Waals surface area (Å²) < 4.78 is 5.73. The zero-order valence-electron chi connectivity index (χ0n) is 13.0. The lowest BCUT2D eigenvalue weighted by Gasteiger charge is -2.23. The van der Waals surface area contributed by atoms with Crippen LogP contribution in [0.25, 0.3) is 0 Å². The molecule has 0 saturated heterocycles. The third-order valence-corrected chi connectivity index (χ3v) is 2.59. The molecule has 0 aromatic heterocycles. The van der Waals surface area contributed by atoms with Gasteiger partial charge in [0.05, 0.1) is 18.6 Å². The van der Waals surface area contributed by atoms with E-state index in [0.717, 1.165) is 11.3 Å². The molecule has 4 heteroatoms. The Kier molecular flexibility index (Phi) is 5.17. The van der Waals surface area contributed by atoms with Crippen LogP contribution in [0.5, 0.6) is 5.75 Å². The number of hydrogen-bond acceptors (Lipinski definition) is 3. The molecule has 0 aliphatic carbocycles. The number of ether oxygens (including phenoxy) is 1. The van der Waals surface area contributed by atoms with E-state index in [1.807, 2.05) is 45.0 Å². The second-order valence-electron chi connectivity index (χ2n) is 6.63. The van der Waals surface area contributed by atoms with Crippen LogP contribution in [-0.2, 0) is 11.2 Å². The van der Waals surface area contributed by atoms with Gasteiger partial charge in [0.15, 0.2) is 0 Å². The molecule has 0 unspecified atom stereocenters. The van der Waals surface area contributed by atoms with Gasteiger partial charge in [-0.2, -0.15) is 0 Å². The van der Waals surface area contributed by atoms with Gasteiger partial charge in [0.25, 0.3) is 0 Å². The molecule has 20 heavy (non-hydrogen) atoms. The van der Waals surface area contributed by atoms with Gasteiger partial charge in [-0.3, -0.25) is 4.79 Å². The summed E-state index contributed by atoms with van der Waals surface area (Å²) in [5, 5.41) is 11.9. The molecule has 0 atom stereocenters. The van der Waals surface area contributed by atoms with Gasteiger partial charge < -0.3 is 15.2 Å². The van der Waals surface area contributed by atoms with E-state index in [1.165, 1.54) is 0 Å². The molecule has 0 radical (unpaired) electrons. The van der Waals surface area contributed by atoms with Crippen LogP contribution < -0.4 is 10.1 Å². The zero-order valence-corrected chi connectivity index (χ0v) is 13.0. The molecule has 0 aliphatic rings. The number of hydrogen-bond donors (Lipinski definition) is 2. The molecule has 1 aromatic rings. The SMILES string of the molecule is CC(C)(CO)NC(=O)Cc1ccc(OC(C)(C)C)cc1. The Labute approximate surface area is 121 Å². The van der Waals surface area contributed by atoms with Crippen molar-refractivity contribution in [2.75, 3.05) is 6.61 Å². The Morgan fingerprint density at radius 2 is 1.70 bits per heavy atom. The van der Waals surface area contributed by atoms with Crippen LogP contribution in [-0.4, -0.2) is 28.8 Å². The molecule has 1 rings (SSSR count). The highest BCUT2D eigenvalue weighted by atomic mass is 16.5. The van der Waals surface area contributed by atoms with E-state index in [4.69, 9.17) is 9.84 Å². The van der Waals surface area contributed by atoms with Gasteiger partial charge in [0.1, 0.15) is 11.4 Å². The molecular formula is C16H25NO3. The van der Waals surface area contributed by atoms with Crippen LogP contribution in [0, 0.1) is 0 Å². The van der Waals surface area contributed by atoms with Gasteiger partial charge in [0, 0.05) is 0 Å². The van der Waals surface area contributed by atoms with Crippen LogP contribution in [0.4, 0.5) is 0 Å². The minimum atomic E-state index is -0.591. The predicted octanol–water partition coefficient (Wildman–Crippen LogP) is 2.29. The quantitative estimate of drug-likeness (QED) is 0.869. The maximum absolute atomic E-state index is 11.8. The molecule has 0 bridgehead atoms. The van der Waals surface area contributed by atoms with Crippen molar-refractivity contribution in [3.05, 3.63) is 29.8 Å². The van der Waals surface area contributed by atoms with Crippen molar-refractivity contribution in [1.82, 2.24) is 5.32 Å². The summed E-state index contributed by atoms with van der Waals surface area (Å²) in [5.41, 5.74) is 0.0913. The molecule has 1 aromatic carbocycles. The highest BCUT2D eigenvalue weighted by Crippen LogP contribution is 2.18. The lowest BCUT2D eigenvalue weighted by atomic mass is 10.1. The Morgan fingerprint density at radius 3 is 2.15 bits per heavy atom. The monoisotopic (exact) mass is 279 g/mol. The van der Waals surface area contributed by atoms with Crippen LogP contribution in [0.15, 0.2) is 24.3 Å². The summed E-state index contributed by atoms with van der Waals surface area (Å²) in [6.07, 6.45) is 0.291. The van der Waals surface area contributed by atoms with Gasteiger partial charge in [0.2, 0.25) is 5.91 Å². The van der Waals surface area contributed by atoms with E-state index < -0.39 is 5.54 Å². The summed E-state index contributed by atoms with van der Waals surface area (Å²) in [5.74, 6) is 0.686. The fraction of sp³-hybridized carbons (Fsp3) is 0.562. The molecule has 0 fully saturated rings. The Bertz CT molecular complexity index is 444. The fourth-order valence-electron chi connectivity index (χ4n) is 1.68.